The van der Waals surface area contributed by atoms with Gasteiger partial charge in [0.15, 0.2) is 0 Å². The maximum atomic E-state index is 11.2. The number of nitrogens with zero attached hydrogens (tertiary/aromatic N) is 1. The lowest BCUT2D eigenvalue weighted by Gasteiger charge is -2.26. The van der Waals surface area contributed by atoms with Crippen LogP contribution in [0.1, 0.15) is 20.8 Å². The van der Waals surface area contributed by atoms with Gasteiger partial charge in [0.1, 0.15) is 0 Å². The maximum Gasteiger partial charge on any atom is 0.234 e. The summed E-state index contributed by atoms with van der Waals surface area (Å²) in [6.07, 6.45) is 0. The number of carbonyl (C=O) groups is 1. The molecule has 0 aromatic carbocycles. The summed E-state index contributed by atoms with van der Waals surface area (Å²) in [6.45, 7) is 9.57. The Bertz CT molecular complexity index is 157. The van der Waals surface area contributed by atoms with Gasteiger partial charge in [0.2, 0.25) is 5.91 Å². The van der Waals surface area contributed by atoms with Crippen molar-refractivity contribution < 1.29 is 4.79 Å². The van der Waals surface area contributed by atoms with Gasteiger partial charge in [0.25, 0.3) is 0 Å². The molecule has 0 saturated heterocycles. The van der Waals surface area contributed by atoms with Crippen LogP contribution in [0.15, 0.2) is 0 Å². The summed E-state index contributed by atoms with van der Waals surface area (Å²) >= 11 is 0. The molecule has 0 spiro atoms. The lowest BCUT2D eigenvalue weighted by atomic mass is 10.2. The molecule has 1 unspecified atom stereocenters. The van der Waals surface area contributed by atoms with Gasteiger partial charge in [-0.15, -0.1) is 0 Å². The van der Waals surface area contributed by atoms with E-state index in [4.69, 9.17) is 0 Å². The number of hydrogen-bond acceptors (Lipinski definition) is 3. The van der Waals surface area contributed by atoms with E-state index in [-0.39, 0.29) is 5.91 Å². The van der Waals surface area contributed by atoms with Crippen LogP contribution in [0.4, 0.5) is 0 Å². The SMILES string of the molecule is CCN(CC)C(C)CNC(=O)CNC. The van der Waals surface area contributed by atoms with E-state index < -0.39 is 0 Å². The lowest BCUT2D eigenvalue weighted by molar-refractivity contribution is -0.120. The molecule has 84 valence electrons. The van der Waals surface area contributed by atoms with Gasteiger partial charge in [-0.1, -0.05) is 13.8 Å². The van der Waals surface area contributed by atoms with E-state index in [1.807, 2.05) is 0 Å². The minimum atomic E-state index is 0.0616. The minimum Gasteiger partial charge on any atom is -0.353 e. The van der Waals surface area contributed by atoms with Crippen LogP contribution in [0.25, 0.3) is 0 Å². The summed E-state index contributed by atoms with van der Waals surface area (Å²) in [6, 6.07) is 0.408. The van der Waals surface area contributed by atoms with Gasteiger partial charge < -0.3 is 10.6 Å². The van der Waals surface area contributed by atoms with Gasteiger partial charge in [0, 0.05) is 12.6 Å². The third-order valence-electron chi connectivity index (χ3n) is 2.37. The molecule has 0 radical (unpaired) electrons. The first-order valence-corrected chi connectivity index (χ1v) is 5.31. The van der Waals surface area contributed by atoms with E-state index in [0.717, 1.165) is 19.6 Å². The zero-order chi connectivity index (χ0) is 11.0. The molecule has 4 nitrogen and oxygen atoms in total. The number of rotatable bonds is 7. The van der Waals surface area contributed by atoms with Crippen molar-refractivity contribution >= 4 is 5.91 Å². The monoisotopic (exact) mass is 201 g/mol. The minimum absolute atomic E-state index is 0.0616. The second-order valence-corrected chi connectivity index (χ2v) is 3.40. The van der Waals surface area contributed by atoms with Crippen LogP contribution >= 0.6 is 0 Å². The van der Waals surface area contributed by atoms with Crippen LogP contribution in [0.2, 0.25) is 0 Å². The Morgan fingerprint density at radius 1 is 1.36 bits per heavy atom. The maximum absolute atomic E-state index is 11.2. The number of likely N-dealkylation sites (N-methyl/N-ethyl adjacent to an activating group) is 2. The van der Waals surface area contributed by atoms with Gasteiger partial charge in [-0.25, -0.2) is 0 Å². The first kappa shape index (κ1) is 13.4. The van der Waals surface area contributed by atoms with E-state index in [2.05, 4.69) is 36.3 Å². The Morgan fingerprint density at radius 3 is 2.36 bits per heavy atom. The highest BCUT2D eigenvalue weighted by molar-refractivity contribution is 5.77. The Hall–Kier alpha value is -0.610. The fourth-order valence-electron chi connectivity index (χ4n) is 1.46. The van der Waals surface area contributed by atoms with Gasteiger partial charge in [-0.05, 0) is 27.1 Å². The molecule has 0 aromatic heterocycles. The molecular weight excluding hydrogens is 178 g/mol. The molecule has 0 saturated carbocycles. The molecule has 1 atom stereocenters. The van der Waals surface area contributed by atoms with Crippen LogP contribution in [-0.4, -0.2) is 50.1 Å². The topological polar surface area (TPSA) is 44.4 Å². The molecule has 0 aromatic rings. The van der Waals surface area contributed by atoms with Crippen molar-refractivity contribution in [3.63, 3.8) is 0 Å². The molecule has 0 aliphatic heterocycles. The molecule has 14 heavy (non-hydrogen) atoms. The number of carbonyl (C=O) groups excluding carboxylic acids is 1. The number of amides is 1. The molecule has 0 aliphatic carbocycles. The first-order valence-electron chi connectivity index (χ1n) is 5.31. The van der Waals surface area contributed by atoms with Crippen LogP contribution in [0.5, 0.6) is 0 Å². The smallest absolute Gasteiger partial charge is 0.234 e. The third-order valence-corrected chi connectivity index (χ3v) is 2.37. The lowest BCUT2D eigenvalue weighted by Crippen LogP contribution is -2.43. The molecular formula is C10H23N3O. The summed E-state index contributed by atoms with van der Waals surface area (Å²) in [5.74, 6) is 0.0616. The molecule has 0 fully saturated rings. The quantitative estimate of drug-likeness (QED) is 0.612. The highest BCUT2D eigenvalue weighted by Gasteiger charge is 2.10. The summed E-state index contributed by atoms with van der Waals surface area (Å²) in [5.41, 5.74) is 0. The largest absolute Gasteiger partial charge is 0.353 e. The van der Waals surface area contributed by atoms with Crippen molar-refractivity contribution in [1.29, 1.82) is 0 Å². The van der Waals surface area contributed by atoms with E-state index in [1.54, 1.807) is 7.05 Å². The van der Waals surface area contributed by atoms with Crippen LogP contribution < -0.4 is 10.6 Å². The molecule has 4 heteroatoms. The van der Waals surface area contributed by atoms with Crippen LogP contribution in [0, 0.1) is 0 Å². The second kappa shape index (κ2) is 7.76. The van der Waals surface area contributed by atoms with Crippen LogP contribution in [-0.2, 0) is 4.79 Å². The number of nitrogens with one attached hydrogen (secondary N) is 2. The Balaban J connectivity index is 3.71. The third kappa shape index (κ3) is 5.19. The molecule has 0 rings (SSSR count). The van der Waals surface area contributed by atoms with E-state index in [1.165, 1.54) is 0 Å². The summed E-state index contributed by atoms with van der Waals surface area (Å²) in [4.78, 5) is 13.5. The van der Waals surface area contributed by atoms with Gasteiger partial charge in [-0.3, -0.25) is 9.69 Å². The van der Waals surface area contributed by atoms with Crippen molar-refractivity contribution in [3.05, 3.63) is 0 Å². The van der Waals surface area contributed by atoms with Crippen molar-refractivity contribution in [2.75, 3.05) is 33.2 Å². The van der Waals surface area contributed by atoms with E-state index in [0.29, 0.717) is 12.6 Å². The van der Waals surface area contributed by atoms with Gasteiger partial charge in [-0.2, -0.15) is 0 Å². The fourth-order valence-corrected chi connectivity index (χ4v) is 1.46. The highest BCUT2D eigenvalue weighted by Crippen LogP contribution is 1.95. The normalized spacial score (nSPS) is 12.9. The zero-order valence-corrected chi connectivity index (χ0v) is 9.76. The highest BCUT2D eigenvalue weighted by atomic mass is 16.1. The molecule has 0 bridgehead atoms. The van der Waals surface area contributed by atoms with Crippen molar-refractivity contribution in [1.82, 2.24) is 15.5 Å². The predicted octanol–water partition coefficient (Wildman–Crippen LogP) is 0.0523. The molecule has 1 amide bonds. The van der Waals surface area contributed by atoms with Crippen LogP contribution in [0.3, 0.4) is 0 Å². The zero-order valence-electron chi connectivity index (χ0n) is 9.76. The summed E-state index contributed by atoms with van der Waals surface area (Å²) in [5, 5.41) is 5.71. The summed E-state index contributed by atoms with van der Waals surface area (Å²) in [7, 11) is 1.77. The Kier molecular flexibility index (Phi) is 7.42. The fraction of sp³-hybridized carbons (Fsp3) is 0.900. The van der Waals surface area contributed by atoms with Crippen molar-refractivity contribution in [2.24, 2.45) is 0 Å². The Morgan fingerprint density at radius 2 is 1.93 bits per heavy atom. The average Bonchev–Trinajstić information content (AvgIpc) is 2.17. The van der Waals surface area contributed by atoms with Gasteiger partial charge >= 0.3 is 0 Å². The Labute approximate surface area is 87.0 Å². The molecule has 2 N–H and O–H groups in total. The second-order valence-electron chi connectivity index (χ2n) is 3.40. The predicted molar refractivity (Wildman–Crippen MR) is 59.3 cm³/mol. The first-order chi connectivity index (χ1) is 6.65. The standard InChI is InChI=1S/C10H23N3O/c1-5-13(6-2)9(3)7-12-10(14)8-11-4/h9,11H,5-8H2,1-4H3,(H,12,14). The van der Waals surface area contributed by atoms with Gasteiger partial charge in [0.05, 0.1) is 6.54 Å². The van der Waals surface area contributed by atoms with E-state index >= 15 is 0 Å². The molecule has 0 heterocycles. The number of hydrogen-bond donors (Lipinski definition) is 2. The van der Waals surface area contributed by atoms with Crippen molar-refractivity contribution in [3.8, 4) is 0 Å². The van der Waals surface area contributed by atoms with Crippen molar-refractivity contribution in [2.45, 2.75) is 26.8 Å². The average molecular weight is 201 g/mol. The molecule has 0 aliphatic rings. The van der Waals surface area contributed by atoms with E-state index in [9.17, 15) is 4.79 Å². The summed E-state index contributed by atoms with van der Waals surface area (Å²) < 4.78 is 0.